The highest BCUT2D eigenvalue weighted by Crippen LogP contribution is 2.26. The Morgan fingerprint density at radius 1 is 1.07 bits per heavy atom. The number of benzene rings is 3. The highest BCUT2D eigenvalue weighted by atomic mass is 35.5. The zero-order chi connectivity index (χ0) is 19.5. The van der Waals surface area contributed by atoms with Crippen LogP contribution in [0, 0.1) is 6.92 Å². The van der Waals surface area contributed by atoms with Crippen LogP contribution in [0.1, 0.15) is 11.1 Å². The lowest BCUT2D eigenvalue weighted by Crippen LogP contribution is -2.07. The number of nitrogens with zero attached hydrogens (tertiary/aromatic N) is 1. The van der Waals surface area contributed by atoms with Gasteiger partial charge in [-0.1, -0.05) is 41.9 Å². The van der Waals surface area contributed by atoms with Gasteiger partial charge < -0.3 is 10.3 Å². The summed E-state index contributed by atoms with van der Waals surface area (Å²) in [6, 6.07) is 21.1. The molecule has 0 saturated heterocycles. The van der Waals surface area contributed by atoms with Gasteiger partial charge in [0.05, 0.1) is 11.0 Å². The monoisotopic (exact) mass is 387 g/mol. The number of H-pyrrole nitrogens is 1. The Morgan fingerprint density at radius 2 is 1.82 bits per heavy atom. The molecule has 0 radical (unpaired) electrons. The van der Waals surface area contributed by atoms with E-state index >= 15 is 0 Å². The van der Waals surface area contributed by atoms with Crippen molar-refractivity contribution < 1.29 is 4.79 Å². The first-order valence-corrected chi connectivity index (χ1v) is 9.27. The molecule has 0 aliphatic heterocycles. The summed E-state index contributed by atoms with van der Waals surface area (Å²) in [5.74, 6) is 0.587. The molecule has 28 heavy (non-hydrogen) atoms. The van der Waals surface area contributed by atoms with Gasteiger partial charge in [0.25, 0.3) is 0 Å². The first kappa shape index (κ1) is 18.0. The maximum atomic E-state index is 12.1. The quantitative estimate of drug-likeness (QED) is 0.432. The van der Waals surface area contributed by atoms with E-state index in [0.717, 1.165) is 39.2 Å². The van der Waals surface area contributed by atoms with Crippen LogP contribution in [0.2, 0.25) is 5.02 Å². The number of aryl methyl sites for hydroxylation is 1. The molecule has 4 nitrogen and oxygen atoms in total. The molecule has 138 valence electrons. The van der Waals surface area contributed by atoms with Crippen molar-refractivity contribution in [2.45, 2.75) is 6.92 Å². The molecule has 0 atom stereocenters. The van der Waals surface area contributed by atoms with Gasteiger partial charge in [0, 0.05) is 22.3 Å². The van der Waals surface area contributed by atoms with Crippen LogP contribution < -0.4 is 5.32 Å². The number of rotatable bonds is 4. The van der Waals surface area contributed by atoms with Gasteiger partial charge in [-0.05, 0) is 60.5 Å². The molecule has 0 bridgehead atoms. The van der Waals surface area contributed by atoms with Gasteiger partial charge >= 0.3 is 0 Å². The molecule has 4 aromatic rings. The van der Waals surface area contributed by atoms with E-state index in [-0.39, 0.29) is 5.91 Å². The zero-order valence-electron chi connectivity index (χ0n) is 15.2. The number of carbonyl (C=O) groups is 1. The lowest BCUT2D eigenvalue weighted by molar-refractivity contribution is -0.111. The Balaban J connectivity index is 1.48. The van der Waals surface area contributed by atoms with Gasteiger partial charge in [-0.3, -0.25) is 4.79 Å². The number of fused-ring (bicyclic) bond motifs is 1. The molecular weight excluding hydrogens is 370 g/mol. The molecule has 1 heterocycles. The Labute approximate surface area is 167 Å². The van der Waals surface area contributed by atoms with Gasteiger partial charge in [0.2, 0.25) is 5.91 Å². The lowest BCUT2D eigenvalue weighted by atomic mass is 10.2. The average molecular weight is 388 g/mol. The summed E-state index contributed by atoms with van der Waals surface area (Å²) in [6.45, 7) is 1.96. The molecule has 2 N–H and O–H groups in total. The Morgan fingerprint density at radius 3 is 2.57 bits per heavy atom. The van der Waals surface area contributed by atoms with E-state index in [0.29, 0.717) is 5.02 Å². The van der Waals surface area contributed by atoms with Crippen LogP contribution in [-0.4, -0.2) is 15.9 Å². The minimum Gasteiger partial charge on any atom is -0.338 e. The third-order valence-electron chi connectivity index (χ3n) is 4.41. The van der Waals surface area contributed by atoms with E-state index in [1.54, 1.807) is 6.08 Å². The van der Waals surface area contributed by atoms with E-state index in [4.69, 9.17) is 11.6 Å². The van der Waals surface area contributed by atoms with Crippen molar-refractivity contribution in [1.82, 2.24) is 9.97 Å². The van der Waals surface area contributed by atoms with Crippen molar-refractivity contribution in [2.24, 2.45) is 0 Å². The molecule has 0 spiro atoms. The van der Waals surface area contributed by atoms with Crippen LogP contribution in [0.3, 0.4) is 0 Å². The maximum absolute atomic E-state index is 12.1. The van der Waals surface area contributed by atoms with E-state index in [2.05, 4.69) is 15.3 Å². The molecule has 0 aliphatic rings. The first-order valence-electron chi connectivity index (χ1n) is 8.89. The molecule has 5 heteroatoms. The van der Waals surface area contributed by atoms with E-state index in [9.17, 15) is 4.79 Å². The number of aromatic amines is 1. The van der Waals surface area contributed by atoms with Crippen molar-refractivity contribution in [3.05, 3.63) is 89.0 Å². The SMILES string of the molecule is Cc1cc2[nH]c(-c3ccc(NC(=O)/C=C/c4ccccc4)cc3)nc2cc1Cl. The summed E-state index contributed by atoms with van der Waals surface area (Å²) in [5, 5.41) is 3.56. The highest BCUT2D eigenvalue weighted by molar-refractivity contribution is 6.32. The highest BCUT2D eigenvalue weighted by Gasteiger charge is 2.08. The van der Waals surface area contributed by atoms with E-state index in [1.165, 1.54) is 6.08 Å². The van der Waals surface area contributed by atoms with E-state index in [1.807, 2.05) is 73.7 Å². The minimum absolute atomic E-state index is 0.176. The number of carbonyl (C=O) groups excluding carboxylic acids is 1. The maximum Gasteiger partial charge on any atom is 0.248 e. The number of anilines is 1. The third-order valence-corrected chi connectivity index (χ3v) is 4.82. The number of halogens is 1. The third kappa shape index (κ3) is 3.97. The Kier molecular flexibility index (Phi) is 4.96. The Bertz CT molecular complexity index is 1120. The number of hydrogen-bond acceptors (Lipinski definition) is 2. The van der Waals surface area contributed by atoms with Crippen LogP contribution in [0.25, 0.3) is 28.5 Å². The molecule has 0 unspecified atom stereocenters. The van der Waals surface area contributed by atoms with Crippen molar-refractivity contribution in [1.29, 1.82) is 0 Å². The molecule has 0 fully saturated rings. The summed E-state index contributed by atoms with van der Waals surface area (Å²) in [5.41, 5.74) is 5.41. The second-order valence-electron chi connectivity index (χ2n) is 6.51. The van der Waals surface area contributed by atoms with Crippen LogP contribution >= 0.6 is 11.6 Å². The van der Waals surface area contributed by atoms with Crippen LogP contribution in [0.5, 0.6) is 0 Å². The van der Waals surface area contributed by atoms with Gasteiger partial charge in [0.15, 0.2) is 0 Å². The van der Waals surface area contributed by atoms with Crippen LogP contribution in [-0.2, 0) is 4.79 Å². The average Bonchev–Trinajstić information content (AvgIpc) is 3.11. The molecular formula is C23H18ClN3O. The summed E-state index contributed by atoms with van der Waals surface area (Å²) in [7, 11) is 0. The molecule has 0 aliphatic carbocycles. The molecule has 1 amide bonds. The fraction of sp³-hybridized carbons (Fsp3) is 0.0435. The Hall–Kier alpha value is -3.37. The normalized spacial score (nSPS) is 11.2. The number of hydrogen-bond donors (Lipinski definition) is 2. The first-order chi connectivity index (χ1) is 13.6. The van der Waals surface area contributed by atoms with Gasteiger partial charge in [-0.2, -0.15) is 0 Å². The van der Waals surface area contributed by atoms with Gasteiger partial charge in [-0.15, -0.1) is 0 Å². The predicted octanol–water partition coefficient (Wildman–Crippen LogP) is 5.84. The standard InChI is InChI=1S/C23H18ClN3O/c1-15-13-20-21(14-19(15)24)27-23(26-20)17-8-10-18(11-9-17)25-22(28)12-7-16-5-3-2-4-6-16/h2-14H,1H3,(H,25,28)(H,26,27)/b12-7+. The molecule has 3 aromatic carbocycles. The summed E-state index contributed by atoms with van der Waals surface area (Å²) in [6.07, 6.45) is 3.31. The smallest absolute Gasteiger partial charge is 0.248 e. The summed E-state index contributed by atoms with van der Waals surface area (Å²) in [4.78, 5) is 20.0. The number of amides is 1. The van der Waals surface area contributed by atoms with Crippen molar-refractivity contribution >= 4 is 40.3 Å². The topological polar surface area (TPSA) is 57.8 Å². The molecule has 0 saturated carbocycles. The number of nitrogens with one attached hydrogen (secondary N) is 2. The van der Waals surface area contributed by atoms with Crippen LogP contribution in [0.15, 0.2) is 72.8 Å². The number of aromatic nitrogens is 2. The van der Waals surface area contributed by atoms with E-state index < -0.39 is 0 Å². The second-order valence-corrected chi connectivity index (χ2v) is 6.92. The zero-order valence-corrected chi connectivity index (χ0v) is 16.0. The molecule has 1 aromatic heterocycles. The van der Waals surface area contributed by atoms with Crippen molar-refractivity contribution in [3.63, 3.8) is 0 Å². The fourth-order valence-electron chi connectivity index (χ4n) is 2.91. The van der Waals surface area contributed by atoms with Crippen molar-refractivity contribution in [2.75, 3.05) is 5.32 Å². The summed E-state index contributed by atoms with van der Waals surface area (Å²) >= 11 is 6.18. The van der Waals surface area contributed by atoms with Crippen LogP contribution in [0.4, 0.5) is 5.69 Å². The summed E-state index contributed by atoms with van der Waals surface area (Å²) < 4.78 is 0. The van der Waals surface area contributed by atoms with Gasteiger partial charge in [0.1, 0.15) is 5.82 Å². The molecule has 4 rings (SSSR count). The fourth-order valence-corrected chi connectivity index (χ4v) is 3.07. The lowest BCUT2D eigenvalue weighted by Gasteiger charge is -2.03. The van der Waals surface area contributed by atoms with Crippen molar-refractivity contribution in [3.8, 4) is 11.4 Å². The largest absolute Gasteiger partial charge is 0.338 e. The minimum atomic E-state index is -0.176. The number of imidazole rings is 1. The predicted molar refractivity (Wildman–Crippen MR) is 115 cm³/mol. The van der Waals surface area contributed by atoms with Gasteiger partial charge in [-0.25, -0.2) is 4.98 Å². The second kappa shape index (κ2) is 7.71.